The van der Waals surface area contributed by atoms with Gasteiger partial charge in [-0.05, 0) is 6.07 Å². The molecule has 26 heavy (non-hydrogen) atoms. The average Bonchev–Trinajstić information content (AvgIpc) is 2.69. The van der Waals surface area contributed by atoms with Crippen molar-refractivity contribution in [1.82, 2.24) is 0 Å². The number of ether oxygens (including phenoxy) is 1. The molecule has 0 unspecified atom stereocenters. The number of nitrogens with two attached hydrogens (primary N) is 1. The Kier molecular flexibility index (Phi) is 5.44. The molecule has 0 amide bonds. The summed E-state index contributed by atoms with van der Waals surface area (Å²) >= 11 is 0. The molecule has 2 N–H and O–H groups in total. The Labute approximate surface area is 153 Å². The van der Waals surface area contributed by atoms with Crippen LogP contribution in [0.5, 0.6) is 5.75 Å². The zero-order valence-corrected chi connectivity index (χ0v) is 14.9. The standard InChI is InChI=1S/C22H21N3O/c1-24-15-18-13-20(21(26-2)14-19(18)23)25-22(16-9-5-3-6-10-16)17-11-7-4-8-12-17/h3-15H,23H2,1-2H3. The molecule has 3 rings (SSSR count). The molecule has 130 valence electrons. The van der Waals surface area contributed by atoms with Gasteiger partial charge in [-0.25, -0.2) is 4.99 Å². The summed E-state index contributed by atoms with van der Waals surface area (Å²) in [7, 11) is 3.33. The molecule has 3 aromatic carbocycles. The molecule has 0 aliphatic heterocycles. The van der Waals surface area contributed by atoms with Gasteiger partial charge in [0.05, 0.1) is 12.8 Å². The van der Waals surface area contributed by atoms with Crippen molar-refractivity contribution in [2.45, 2.75) is 0 Å². The zero-order valence-electron chi connectivity index (χ0n) is 14.9. The van der Waals surface area contributed by atoms with Crippen LogP contribution in [0.15, 0.2) is 82.8 Å². The quantitative estimate of drug-likeness (QED) is 0.548. The molecule has 0 heterocycles. The third kappa shape index (κ3) is 3.81. The van der Waals surface area contributed by atoms with E-state index in [1.54, 1.807) is 26.4 Å². The van der Waals surface area contributed by atoms with Gasteiger partial charge < -0.3 is 10.5 Å². The van der Waals surface area contributed by atoms with Crippen LogP contribution in [0, 0.1) is 0 Å². The summed E-state index contributed by atoms with van der Waals surface area (Å²) in [6.45, 7) is 0. The predicted molar refractivity (Wildman–Crippen MR) is 109 cm³/mol. The summed E-state index contributed by atoms with van der Waals surface area (Å²) < 4.78 is 5.50. The summed E-state index contributed by atoms with van der Waals surface area (Å²) in [6, 6.07) is 23.9. The highest BCUT2D eigenvalue weighted by molar-refractivity contribution is 6.14. The summed E-state index contributed by atoms with van der Waals surface area (Å²) in [6.07, 6.45) is 1.72. The van der Waals surface area contributed by atoms with Crippen LogP contribution in [0.2, 0.25) is 0 Å². The van der Waals surface area contributed by atoms with E-state index >= 15 is 0 Å². The Balaban J connectivity index is 2.21. The first-order valence-corrected chi connectivity index (χ1v) is 8.32. The molecule has 0 aromatic heterocycles. The minimum atomic E-state index is 0.604. The van der Waals surface area contributed by atoms with Crippen LogP contribution >= 0.6 is 0 Å². The van der Waals surface area contributed by atoms with Crippen LogP contribution in [-0.2, 0) is 0 Å². The van der Waals surface area contributed by atoms with Crippen molar-refractivity contribution in [2.24, 2.45) is 9.98 Å². The Bertz CT molecular complexity index is 891. The number of hydrogen-bond donors (Lipinski definition) is 1. The second kappa shape index (κ2) is 8.12. The number of anilines is 1. The van der Waals surface area contributed by atoms with Gasteiger partial charge in [0.15, 0.2) is 0 Å². The van der Waals surface area contributed by atoms with Crippen LogP contribution in [0.4, 0.5) is 11.4 Å². The molecule has 0 spiro atoms. The monoisotopic (exact) mass is 343 g/mol. The van der Waals surface area contributed by atoms with Gasteiger partial charge in [-0.1, -0.05) is 60.7 Å². The van der Waals surface area contributed by atoms with Crippen molar-refractivity contribution < 1.29 is 4.74 Å². The van der Waals surface area contributed by atoms with Crippen LogP contribution in [0.3, 0.4) is 0 Å². The number of hydrogen-bond acceptors (Lipinski definition) is 4. The first kappa shape index (κ1) is 17.4. The number of nitrogen functional groups attached to an aromatic ring is 1. The molecular formula is C22H21N3O. The topological polar surface area (TPSA) is 60.0 Å². The Hall–Kier alpha value is -3.40. The lowest BCUT2D eigenvalue weighted by molar-refractivity contribution is 0.416. The van der Waals surface area contributed by atoms with Gasteiger partial charge in [-0.15, -0.1) is 0 Å². The number of benzene rings is 3. The predicted octanol–water partition coefficient (Wildman–Crippen LogP) is 4.50. The van der Waals surface area contributed by atoms with Gasteiger partial charge in [0, 0.05) is 41.7 Å². The molecule has 0 saturated carbocycles. The van der Waals surface area contributed by atoms with Crippen LogP contribution in [0.1, 0.15) is 16.7 Å². The van der Waals surface area contributed by atoms with Gasteiger partial charge in [0.25, 0.3) is 0 Å². The zero-order chi connectivity index (χ0) is 18.4. The summed E-state index contributed by atoms with van der Waals surface area (Å²) in [4.78, 5) is 8.99. The smallest absolute Gasteiger partial charge is 0.146 e. The lowest BCUT2D eigenvalue weighted by Gasteiger charge is -2.12. The molecule has 0 radical (unpaired) electrons. The second-order valence-corrected chi connectivity index (χ2v) is 5.73. The molecule has 0 atom stereocenters. The highest BCUT2D eigenvalue weighted by Crippen LogP contribution is 2.33. The molecular weight excluding hydrogens is 322 g/mol. The fraction of sp³-hybridized carbons (Fsp3) is 0.0909. The minimum absolute atomic E-state index is 0.604. The van der Waals surface area contributed by atoms with Crippen LogP contribution in [0.25, 0.3) is 0 Å². The molecule has 0 saturated heterocycles. The fourth-order valence-corrected chi connectivity index (χ4v) is 2.71. The molecule has 4 nitrogen and oxygen atoms in total. The molecule has 0 bridgehead atoms. The van der Waals surface area contributed by atoms with Crippen LogP contribution < -0.4 is 10.5 Å². The van der Waals surface area contributed by atoms with E-state index in [1.807, 2.05) is 66.7 Å². The van der Waals surface area contributed by atoms with Crippen molar-refractivity contribution in [2.75, 3.05) is 19.9 Å². The van der Waals surface area contributed by atoms with E-state index in [-0.39, 0.29) is 0 Å². The van der Waals surface area contributed by atoms with Crippen molar-refractivity contribution >= 4 is 23.3 Å². The van der Waals surface area contributed by atoms with E-state index in [9.17, 15) is 0 Å². The third-order valence-corrected chi connectivity index (χ3v) is 3.98. The molecule has 0 aliphatic rings. The maximum atomic E-state index is 6.09. The molecule has 3 aromatic rings. The summed E-state index contributed by atoms with van der Waals surface area (Å²) in [5, 5.41) is 0. The van der Waals surface area contributed by atoms with Gasteiger partial charge in [-0.3, -0.25) is 4.99 Å². The van der Waals surface area contributed by atoms with E-state index in [0.29, 0.717) is 17.1 Å². The van der Waals surface area contributed by atoms with Gasteiger partial charge in [0.2, 0.25) is 0 Å². The fourth-order valence-electron chi connectivity index (χ4n) is 2.71. The maximum absolute atomic E-state index is 6.09. The molecule has 0 fully saturated rings. The number of aliphatic imine (C=N–C) groups is 2. The third-order valence-electron chi connectivity index (χ3n) is 3.98. The minimum Gasteiger partial charge on any atom is -0.494 e. The first-order chi connectivity index (χ1) is 12.7. The highest BCUT2D eigenvalue weighted by atomic mass is 16.5. The lowest BCUT2D eigenvalue weighted by Crippen LogP contribution is -2.03. The van der Waals surface area contributed by atoms with Gasteiger partial charge >= 0.3 is 0 Å². The van der Waals surface area contributed by atoms with Crippen molar-refractivity contribution in [3.63, 3.8) is 0 Å². The average molecular weight is 343 g/mol. The summed E-state index contributed by atoms with van der Waals surface area (Å²) in [5.41, 5.74) is 11.1. The number of nitrogens with zero attached hydrogens (tertiary/aromatic N) is 2. The van der Waals surface area contributed by atoms with Crippen molar-refractivity contribution in [1.29, 1.82) is 0 Å². The van der Waals surface area contributed by atoms with E-state index in [4.69, 9.17) is 15.5 Å². The van der Waals surface area contributed by atoms with E-state index in [1.165, 1.54) is 0 Å². The normalized spacial score (nSPS) is 10.7. The van der Waals surface area contributed by atoms with E-state index in [0.717, 1.165) is 22.4 Å². The van der Waals surface area contributed by atoms with Crippen molar-refractivity contribution in [3.05, 3.63) is 89.5 Å². The van der Waals surface area contributed by atoms with Crippen LogP contribution in [-0.4, -0.2) is 26.1 Å². The second-order valence-electron chi connectivity index (χ2n) is 5.73. The SMILES string of the molecule is CN=Cc1cc(N=C(c2ccccc2)c2ccccc2)c(OC)cc1N. The number of methoxy groups -OCH3 is 1. The Morgan fingerprint density at radius 2 is 1.50 bits per heavy atom. The Morgan fingerprint density at radius 3 is 2.00 bits per heavy atom. The highest BCUT2D eigenvalue weighted by Gasteiger charge is 2.11. The number of rotatable bonds is 5. The maximum Gasteiger partial charge on any atom is 0.146 e. The lowest BCUT2D eigenvalue weighted by atomic mass is 10.0. The largest absolute Gasteiger partial charge is 0.494 e. The summed E-state index contributed by atoms with van der Waals surface area (Å²) in [5.74, 6) is 0.625. The molecule has 0 aliphatic carbocycles. The molecule has 4 heteroatoms. The van der Waals surface area contributed by atoms with Crippen molar-refractivity contribution in [3.8, 4) is 5.75 Å². The first-order valence-electron chi connectivity index (χ1n) is 8.32. The Morgan fingerprint density at radius 1 is 0.923 bits per heavy atom. The van der Waals surface area contributed by atoms with E-state index in [2.05, 4.69) is 4.99 Å². The van der Waals surface area contributed by atoms with Gasteiger partial charge in [0.1, 0.15) is 11.4 Å². The van der Waals surface area contributed by atoms with E-state index < -0.39 is 0 Å². The van der Waals surface area contributed by atoms with Gasteiger partial charge in [-0.2, -0.15) is 0 Å².